The van der Waals surface area contributed by atoms with Gasteiger partial charge < -0.3 is 9.30 Å². The van der Waals surface area contributed by atoms with Crippen LogP contribution in [0.1, 0.15) is 5.56 Å². The SMILES string of the molecule is COc1ccc(Cl)cc1S(=O)(=O)NCCn1c(-c2ccc(C)cc2)nc2ccccc21. The lowest BCUT2D eigenvalue weighted by molar-refractivity contribution is 0.402. The molecule has 0 radical (unpaired) electrons. The highest BCUT2D eigenvalue weighted by Gasteiger charge is 2.20. The topological polar surface area (TPSA) is 73.2 Å². The molecule has 0 saturated carbocycles. The zero-order valence-electron chi connectivity index (χ0n) is 17.2. The van der Waals surface area contributed by atoms with Crippen LogP contribution in [-0.4, -0.2) is 31.6 Å². The minimum atomic E-state index is -3.81. The number of hydrogen-bond donors (Lipinski definition) is 1. The molecule has 6 nitrogen and oxygen atoms in total. The highest BCUT2D eigenvalue weighted by Crippen LogP contribution is 2.27. The van der Waals surface area contributed by atoms with Gasteiger partial charge in [-0.2, -0.15) is 0 Å². The Kier molecular flexibility index (Phi) is 6.00. The third-order valence-electron chi connectivity index (χ3n) is 5.01. The Morgan fingerprint density at radius 3 is 2.55 bits per heavy atom. The van der Waals surface area contributed by atoms with E-state index in [2.05, 4.69) is 4.72 Å². The van der Waals surface area contributed by atoms with Crippen LogP contribution in [0.25, 0.3) is 22.4 Å². The molecule has 0 bridgehead atoms. The summed E-state index contributed by atoms with van der Waals surface area (Å²) < 4.78 is 35.6. The van der Waals surface area contributed by atoms with E-state index >= 15 is 0 Å². The van der Waals surface area contributed by atoms with E-state index in [9.17, 15) is 8.42 Å². The summed E-state index contributed by atoms with van der Waals surface area (Å²) in [4.78, 5) is 4.78. The summed E-state index contributed by atoms with van der Waals surface area (Å²) >= 11 is 6.00. The van der Waals surface area contributed by atoms with Gasteiger partial charge in [0.15, 0.2) is 0 Å². The molecule has 0 aliphatic heterocycles. The van der Waals surface area contributed by atoms with Crippen molar-refractivity contribution < 1.29 is 13.2 Å². The van der Waals surface area contributed by atoms with Crippen LogP contribution in [0.2, 0.25) is 5.02 Å². The summed E-state index contributed by atoms with van der Waals surface area (Å²) in [6.07, 6.45) is 0. The lowest BCUT2D eigenvalue weighted by Crippen LogP contribution is -2.28. The average Bonchev–Trinajstić information content (AvgIpc) is 3.13. The molecular formula is C23H22ClN3O3S. The number of fused-ring (bicyclic) bond motifs is 1. The standard InChI is InChI=1S/C23H22ClN3O3S/c1-16-7-9-17(10-8-16)23-26-19-5-3-4-6-20(19)27(23)14-13-25-31(28,29)22-15-18(24)11-12-21(22)30-2/h3-12,15,25H,13-14H2,1-2H3. The van der Waals surface area contributed by atoms with E-state index in [-0.39, 0.29) is 17.2 Å². The third kappa shape index (κ3) is 4.44. The number of para-hydroxylation sites is 2. The summed E-state index contributed by atoms with van der Waals surface area (Å²) in [6, 6.07) is 20.4. The van der Waals surface area contributed by atoms with Gasteiger partial charge in [0.05, 0.1) is 18.1 Å². The molecule has 0 atom stereocenters. The van der Waals surface area contributed by atoms with Gasteiger partial charge in [0, 0.05) is 23.7 Å². The smallest absolute Gasteiger partial charge is 0.244 e. The van der Waals surface area contributed by atoms with E-state index in [1.165, 1.54) is 19.2 Å². The number of methoxy groups -OCH3 is 1. The number of hydrogen-bond acceptors (Lipinski definition) is 4. The van der Waals surface area contributed by atoms with Crippen molar-refractivity contribution in [3.05, 3.63) is 77.3 Å². The molecule has 1 aromatic heterocycles. The zero-order chi connectivity index (χ0) is 22.0. The number of nitrogens with zero attached hydrogens (tertiary/aromatic N) is 2. The van der Waals surface area contributed by atoms with Gasteiger partial charge in [0.25, 0.3) is 0 Å². The predicted octanol–water partition coefficient (Wildman–Crippen LogP) is 4.65. The molecule has 1 heterocycles. The number of nitrogens with one attached hydrogen (secondary N) is 1. The van der Waals surface area contributed by atoms with Gasteiger partial charge >= 0.3 is 0 Å². The first-order chi connectivity index (χ1) is 14.9. The Hall–Kier alpha value is -2.87. The normalized spacial score (nSPS) is 11.7. The molecule has 31 heavy (non-hydrogen) atoms. The van der Waals surface area contributed by atoms with Crippen molar-refractivity contribution in [2.24, 2.45) is 0 Å². The average molecular weight is 456 g/mol. The number of aryl methyl sites for hydroxylation is 1. The molecule has 0 amide bonds. The molecular weight excluding hydrogens is 434 g/mol. The van der Waals surface area contributed by atoms with E-state index in [1.54, 1.807) is 6.07 Å². The van der Waals surface area contributed by atoms with Crippen molar-refractivity contribution in [1.29, 1.82) is 0 Å². The Morgan fingerprint density at radius 1 is 1.06 bits per heavy atom. The minimum absolute atomic E-state index is 0.0109. The van der Waals surface area contributed by atoms with Crippen LogP contribution in [0.5, 0.6) is 5.75 Å². The van der Waals surface area contributed by atoms with Gasteiger partial charge in [-0.25, -0.2) is 18.1 Å². The monoisotopic (exact) mass is 455 g/mol. The maximum absolute atomic E-state index is 12.9. The van der Waals surface area contributed by atoms with Crippen LogP contribution in [0.15, 0.2) is 71.6 Å². The number of imidazole rings is 1. The fourth-order valence-corrected chi connectivity index (χ4v) is 4.91. The molecule has 3 aromatic carbocycles. The second-order valence-corrected chi connectivity index (χ2v) is 9.31. The molecule has 0 aliphatic carbocycles. The number of rotatable bonds is 7. The summed E-state index contributed by atoms with van der Waals surface area (Å²) in [5.74, 6) is 1.03. The van der Waals surface area contributed by atoms with Crippen LogP contribution in [0, 0.1) is 6.92 Å². The summed E-state index contributed by atoms with van der Waals surface area (Å²) in [6.45, 7) is 2.62. The van der Waals surface area contributed by atoms with Gasteiger partial charge in [0.1, 0.15) is 16.5 Å². The van der Waals surface area contributed by atoms with Crippen LogP contribution in [-0.2, 0) is 16.6 Å². The second kappa shape index (κ2) is 8.70. The molecule has 0 aliphatic rings. The fraction of sp³-hybridized carbons (Fsp3) is 0.174. The summed E-state index contributed by atoms with van der Waals surface area (Å²) in [5.41, 5.74) is 3.94. The first kappa shape index (κ1) is 21.4. The third-order valence-corrected chi connectivity index (χ3v) is 6.72. The molecule has 1 N–H and O–H groups in total. The minimum Gasteiger partial charge on any atom is -0.495 e. The van der Waals surface area contributed by atoms with Crippen molar-refractivity contribution in [3.63, 3.8) is 0 Å². The number of benzene rings is 3. The van der Waals surface area contributed by atoms with Crippen LogP contribution in [0.3, 0.4) is 0 Å². The van der Waals surface area contributed by atoms with E-state index in [0.29, 0.717) is 11.6 Å². The quantitative estimate of drug-likeness (QED) is 0.440. The van der Waals surface area contributed by atoms with Crippen LogP contribution in [0.4, 0.5) is 0 Å². The first-order valence-electron chi connectivity index (χ1n) is 9.74. The van der Waals surface area contributed by atoms with E-state index in [4.69, 9.17) is 21.3 Å². The van der Waals surface area contributed by atoms with E-state index in [0.717, 1.165) is 28.0 Å². The Labute approximate surface area is 186 Å². The number of ether oxygens (including phenoxy) is 1. The molecule has 0 spiro atoms. The van der Waals surface area contributed by atoms with Crippen LogP contribution < -0.4 is 9.46 Å². The van der Waals surface area contributed by atoms with Crippen LogP contribution >= 0.6 is 11.6 Å². The highest BCUT2D eigenvalue weighted by atomic mass is 35.5. The molecule has 0 fully saturated rings. The van der Waals surface area contributed by atoms with E-state index < -0.39 is 10.0 Å². The number of aromatic nitrogens is 2. The molecule has 0 unspecified atom stereocenters. The van der Waals surface area contributed by atoms with Crippen molar-refractivity contribution in [2.75, 3.05) is 13.7 Å². The first-order valence-corrected chi connectivity index (χ1v) is 11.6. The lowest BCUT2D eigenvalue weighted by atomic mass is 10.1. The maximum atomic E-state index is 12.9. The van der Waals surface area contributed by atoms with Gasteiger partial charge in [-0.1, -0.05) is 53.6 Å². The van der Waals surface area contributed by atoms with Crippen molar-refractivity contribution in [2.45, 2.75) is 18.4 Å². The molecule has 4 aromatic rings. The Balaban J connectivity index is 1.63. The second-order valence-electron chi connectivity index (χ2n) is 7.13. The van der Waals surface area contributed by atoms with E-state index in [1.807, 2.05) is 60.0 Å². The van der Waals surface area contributed by atoms with Gasteiger partial charge in [0.2, 0.25) is 10.0 Å². The Morgan fingerprint density at radius 2 is 1.81 bits per heavy atom. The Bertz CT molecular complexity index is 1330. The highest BCUT2D eigenvalue weighted by molar-refractivity contribution is 7.89. The number of halogens is 1. The summed E-state index contributed by atoms with van der Waals surface area (Å²) in [7, 11) is -2.38. The van der Waals surface area contributed by atoms with Gasteiger partial charge in [-0.05, 0) is 37.3 Å². The molecule has 4 rings (SSSR count). The molecule has 160 valence electrons. The van der Waals surface area contributed by atoms with Gasteiger partial charge in [-0.15, -0.1) is 0 Å². The molecule has 0 saturated heterocycles. The number of sulfonamides is 1. The lowest BCUT2D eigenvalue weighted by Gasteiger charge is -2.13. The largest absolute Gasteiger partial charge is 0.495 e. The predicted molar refractivity (Wildman–Crippen MR) is 123 cm³/mol. The molecule has 8 heteroatoms. The van der Waals surface area contributed by atoms with Gasteiger partial charge in [-0.3, -0.25) is 0 Å². The zero-order valence-corrected chi connectivity index (χ0v) is 18.7. The van der Waals surface area contributed by atoms with Crippen molar-refractivity contribution >= 4 is 32.7 Å². The maximum Gasteiger partial charge on any atom is 0.244 e. The summed E-state index contributed by atoms with van der Waals surface area (Å²) in [5, 5.41) is 0.323. The fourth-order valence-electron chi connectivity index (χ4n) is 3.45. The van der Waals surface area contributed by atoms with Crippen molar-refractivity contribution in [3.8, 4) is 17.1 Å². The van der Waals surface area contributed by atoms with Crippen molar-refractivity contribution in [1.82, 2.24) is 14.3 Å².